The summed E-state index contributed by atoms with van der Waals surface area (Å²) in [5.74, 6) is 0.374. The number of ether oxygens (including phenoxy) is 2. The third-order valence-corrected chi connectivity index (χ3v) is 7.98. The summed E-state index contributed by atoms with van der Waals surface area (Å²) in [5.41, 5.74) is 5.35. The Balaban J connectivity index is 1.51. The number of amides is 2. The summed E-state index contributed by atoms with van der Waals surface area (Å²) in [6.07, 6.45) is -2.37. The van der Waals surface area contributed by atoms with Crippen LogP contribution in [0.15, 0.2) is 97.1 Å². The molecule has 0 saturated heterocycles. The fourth-order valence-corrected chi connectivity index (χ4v) is 5.55. The van der Waals surface area contributed by atoms with E-state index in [9.17, 15) is 19.8 Å². The second kappa shape index (κ2) is 16.6. The van der Waals surface area contributed by atoms with E-state index in [2.05, 4.69) is 10.6 Å². The van der Waals surface area contributed by atoms with Crippen LogP contribution in [-0.2, 0) is 22.4 Å². The number of carbonyl (C=O) groups excluding carboxylic acids is 2. The normalized spacial score (nSPS) is 13.6. The zero-order valence-electron chi connectivity index (χ0n) is 26.9. The molecular formula is C38H44N2O6. The smallest absolute Gasteiger partial charge is 0.258 e. The maximum atomic E-state index is 13.2. The van der Waals surface area contributed by atoms with Crippen molar-refractivity contribution in [3.63, 3.8) is 0 Å². The van der Waals surface area contributed by atoms with Gasteiger partial charge in [0.25, 0.3) is 11.8 Å². The molecular weight excluding hydrogens is 580 g/mol. The third kappa shape index (κ3) is 9.67. The lowest BCUT2D eigenvalue weighted by Gasteiger charge is -2.33. The maximum Gasteiger partial charge on any atom is 0.258 e. The van der Waals surface area contributed by atoms with E-state index in [1.165, 1.54) is 0 Å². The number of benzene rings is 4. The minimum Gasteiger partial charge on any atom is -0.483 e. The van der Waals surface area contributed by atoms with Crippen LogP contribution in [-0.4, -0.2) is 59.5 Å². The largest absolute Gasteiger partial charge is 0.483 e. The van der Waals surface area contributed by atoms with Crippen LogP contribution in [0.25, 0.3) is 0 Å². The molecule has 4 rings (SSSR count). The van der Waals surface area contributed by atoms with E-state index in [0.29, 0.717) is 11.5 Å². The second-order valence-electron chi connectivity index (χ2n) is 11.7. The van der Waals surface area contributed by atoms with E-state index in [1.807, 2.05) is 125 Å². The predicted molar refractivity (Wildman–Crippen MR) is 179 cm³/mol. The van der Waals surface area contributed by atoms with Crippen molar-refractivity contribution in [1.29, 1.82) is 0 Å². The molecule has 0 fully saturated rings. The Morgan fingerprint density at radius 1 is 0.543 bits per heavy atom. The molecule has 242 valence electrons. The lowest BCUT2D eigenvalue weighted by Crippen LogP contribution is -2.58. The van der Waals surface area contributed by atoms with Crippen molar-refractivity contribution in [3.05, 3.63) is 130 Å². The van der Waals surface area contributed by atoms with Gasteiger partial charge >= 0.3 is 0 Å². The number of aliphatic hydroxyl groups is 2. The van der Waals surface area contributed by atoms with Gasteiger partial charge in [-0.2, -0.15) is 0 Å². The lowest BCUT2D eigenvalue weighted by molar-refractivity contribution is -0.128. The van der Waals surface area contributed by atoms with Gasteiger partial charge in [0.15, 0.2) is 13.2 Å². The number of hydrogen-bond donors (Lipinski definition) is 4. The average Bonchev–Trinajstić information content (AvgIpc) is 3.04. The molecule has 0 saturated carbocycles. The lowest BCUT2D eigenvalue weighted by atomic mass is 9.91. The minimum atomic E-state index is -1.43. The molecule has 0 unspecified atom stereocenters. The number of carbonyl (C=O) groups is 2. The Morgan fingerprint density at radius 3 is 1.20 bits per heavy atom. The number of rotatable bonds is 15. The van der Waals surface area contributed by atoms with E-state index in [4.69, 9.17) is 9.47 Å². The molecule has 0 aromatic heterocycles. The summed E-state index contributed by atoms with van der Waals surface area (Å²) in [5, 5.41) is 29.0. The molecule has 46 heavy (non-hydrogen) atoms. The van der Waals surface area contributed by atoms with Crippen LogP contribution in [0.1, 0.15) is 33.4 Å². The van der Waals surface area contributed by atoms with Crippen molar-refractivity contribution in [2.75, 3.05) is 13.2 Å². The van der Waals surface area contributed by atoms with Crippen LogP contribution in [0.3, 0.4) is 0 Å². The van der Waals surface area contributed by atoms with Crippen molar-refractivity contribution in [2.24, 2.45) is 0 Å². The summed E-state index contributed by atoms with van der Waals surface area (Å²) in [7, 11) is 0. The Morgan fingerprint density at radius 2 is 0.870 bits per heavy atom. The zero-order chi connectivity index (χ0) is 33.1. The highest BCUT2D eigenvalue weighted by molar-refractivity contribution is 5.78. The molecule has 0 radical (unpaired) electrons. The summed E-state index contributed by atoms with van der Waals surface area (Å²) in [6.45, 7) is 7.11. The van der Waals surface area contributed by atoms with Crippen LogP contribution < -0.4 is 20.1 Å². The molecule has 4 aromatic carbocycles. The highest BCUT2D eigenvalue weighted by Crippen LogP contribution is 2.23. The van der Waals surface area contributed by atoms with Crippen LogP contribution in [0.5, 0.6) is 11.5 Å². The minimum absolute atomic E-state index is 0.246. The monoisotopic (exact) mass is 624 g/mol. The first-order chi connectivity index (χ1) is 22.1. The highest BCUT2D eigenvalue weighted by Gasteiger charge is 2.34. The molecule has 8 nitrogen and oxygen atoms in total. The van der Waals surface area contributed by atoms with Gasteiger partial charge in [-0.15, -0.1) is 0 Å². The molecule has 0 bridgehead atoms. The van der Waals surface area contributed by atoms with E-state index >= 15 is 0 Å². The molecule has 8 heteroatoms. The maximum absolute atomic E-state index is 13.2. The van der Waals surface area contributed by atoms with Gasteiger partial charge in [0.2, 0.25) is 0 Å². The summed E-state index contributed by atoms with van der Waals surface area (Å²) >= 11 is 0. The molecule has 0 aliphatic heterocycles. The van der Waals surface area contributed by atoms with Gasteiger partial charge in [-0.3, -0.25) is 9.59 Å². The number of para-hydroxylation sites is 2. The van der Waals surface area contributed by atoms with Crippen LogP contribution >= 0.6 is 0 Å². The van der Waals surface area contributed by atoms with E-state index in [0.717, 1.165) is 33.4 Å². The Kier molecular flexibility index (Phi) is 12.3. The first-order valence-electron chi connectivity index (χ1n) is 15.5. The van der Waals surface area contributed by atoms with Crippen molar-refractivity contribution in [1.82, 2.24) is 10.6 Å². The molecule has 0 spiro atoms. The van der Waals surface area contributed by atoms with Crippen molar-refractivity contribution < 1.29 is 29.3 Å². The number of aliphatic hydroxyl groups excluding tert-OH is 2. The molecule has 4 N–H and O–H groups in total. The first kappa shape index (κ1) is 34.2. The third-order valence-electron chi connectivity index (χ3n) is 7.98. The van der Waals surface area contributed by atoms with Crippen LogP contribution in [0, 0.1) is 27.7 Å². The average molecular weight is 625 g/mol. The van der Waals surface area contributed by atoms with Crippen LogP contribution in [0.4, 0.5) is 0 Å². The number of aryl methyl sites for hydroxylation is 4. The molecule has 0 aliphatic rings. The van der Waals surface area contributed by atoms with Gasteiger partial charge in [-0.25, -0.2) is 0 Å². The van der Waals surface area contributed by atoms with Gasteiger partial charge in [0.1, 0.15) is 23.7 Å². The molecule has 0 heterocycles. The SMILES string of the molecule is Cc1cccc(C)c1OCC(=O)N[C@@H](Cc1ccccc1)[C@H](O)[C@@H](O)[C@H](Cc1ccccc1)NC(=O)COc1c(C)cccc1C. The Hall–Kier alpha value is -4.66. The Labute approximate surface area is 271 Å². The van der Waals surface area contributed by atoms with Crippen molar-refractivity contribution in [2.45, 2.75) is 64.8 Å². The van der Waals surface area contributed by atoms with Gasteiger partial charge in [-0.1, -0.05) is 97.1 Å². The number of nitrogens with one attached hydrogen (secondary N) is 2. The molecule has 4 atom stereocenters. The van der Waals surface area contributed by atoms with E-state index in [-0.39, 0.29) is 26.1 Å². The predicted octanol–water partition coefficient (Wildman–Crippen LogP) is 4.55. The van der Waals surface area contributed by atoms with Gasteiger partial charge in [0, 0.05) is 0 Å². The second-order valence-corrected chi connectivity index (χ2v) is 11.7. The Bertz CT molecular complexity index is 1420. The summed E-state index contributed by atoms with van der Waals surface area (Å²) in [6, 6.07) is 28.5. The molecule has 4 aromatic rings. The zero-order valence-corrected chi connectivity index (χ0v) is 26.9. The van der Waals surface area contributed by atoms with Crippen molar-refractivity contribution in [3.8, 4) is 11.5 Å². The topological polar surface area (TPSA) is 117 Å². The van der Waals surface area contributed by atoms with Gasteiger partial charge in [0.05, 0.1) is 12.1 Å². The molecule has 2 amide bonds. The quantitative estimate of drug-likeness (QED) is 0.154. The highest BCUT2D eigenvalue weighted by atomic mass is 16.5. The molecule has 0 aliphatic carbocycles. The first-order valence-corrected chi connectivity index (χ1v) is 15.5. The summed E-state index contributed by atoms with van der Waals surface area (Å²) in [4.78, 5) is 26.3. The van der Waals surface area contributed by atoms with Crippen LogP contribution in [0.2, 0.25) is 0 Å². The van der Waals surface area contributed by atoms with Crippen molar-refractivity contribution >= 4 is 11.8 Å². The fraction of sp³-hybridized carbons (Fsp3) is 0.316. The van der Waals surface area contributed by atoms with E-state index < -0.39 is 36.1 Å². The summed E-state index contributed by atoms with van der Waals surface area (Å²) < 4.78 is 11.7. The van der Waals surface area contributed by atoms with Gasteiger partial charge in [-0.05, 0) is 73.9 Å². The number of hydrogen-bond acceptors (Lipinski definition) is 6. The fourth-order valence-electron chi connectivity index (χ4n) is 5.55. The standard InChI is InChI=1S/C38H44N2O6/c1-25-13-11-14-26(2)37(25)45-23-33(41)39-31(21-29-17-7-5-8-18-29)35(43)36(44)32(22-30-19-9-6-10-20-30)40-34(42)24-46-38-27(3)15-12-16-28(38)4/h5-20,31-32,35-36,43-44H,21-24H2,1-4H3,(H,39,41)(H,40,42)/t31-,32-,35-,36-/m0/s1. The van der Waals surface area contributed by atoms with E-state index in [1.54, 1.807) is 0 Å². The van der Waals surface area contributed by atoms with Gasteiger partial charge < -0.3 is 30.3 Å².